The summed E-state index contributed by atoms with van der Waals surface area (Å²) in [6.07, 6.45) is 8.93. The number of aliphatic imine (C=N–C) groups is 1. The average Bonchev–Trinajstić information content (AvgIpc) is 3.37. The van der Waals surface area contributed by atoms with E-state index in [0.29, 0.717) is 0 Å². The second-order valence-corrected chi connectivity index (χ2v) is 8.22. The predicted molar refractivity (Wildman–Crippen MR) is 145 cm³/mol. The average molecular weight is 547 g/mol. The molecule has 0 aliphatic carbocycles. The van der Waals surface area contributed by atoms with Gasteiger partial charge in [0.15, 0.2) is 5.96 Å². The van der Waals surface area contributed by atoms with E-state index in [9.17, 15) is 0 Å². The first-order valence-electron chi connectivity index (χ1n) is 11.4. The van der Waals surface area contributed by atoms with Gasteiger partial charge in [0.1, 0.15) is 5.82 Å². The Morgan fingerprint density at radius 1 is 1.03 bits per heavy atom. The first kappa shape index (κ1) is 24.5. The third kappa shape index (κ3) is 6.93. The van der Waals surface area contributed by atoms with Crippen LogP contribution in [0, 0.1) is 0 Å². The van der Waals surface area contributed by atoms with E-state index in [1.54, 1.807) is 0 Å². The number of benzene rings is 1. The number of piperazine rings is 1. The van der Waals surface area contributed by atoms with E-state index in [4.69, 9.17) is 0 Å². The van der Waals surface area contributed by atoms with Crippen LogP contribution < -0.4 is 10.2 Å². The lowest BCUT2D eigenvalue weighted by atomic mass is 10.2. The lowest BCUT2D eigenvalue weighted by Crippen LogP contribution is -2.52. The van der Waals surface area contributed by atoms with Crippen molar-refractivity contribution in [1.29, 1.82) is 0 Å². The number of anilines is 1. The van der Waals surface area contributed by atoms with E-state index in [-0.39, 0.29) is 24.0 Å². The van der Waals surface area contributed by atoms with Gasteiger partial charge in [-0.05, 0) is 36.1 Å². The Balaban J connectivity index is 0.00000289. The molecule has 3 heterocycles. The van der Waals surface area contributed by atoms with Crippen LogP contribution in [0.4, 0.5) is 5.82 Å². The summed E-state index contributed by atoms with van der Waals surface area (Å²) in [5.74, 6) is 2.09. The molecule has 4 rings (SSSR count). The molecule has 2 aliphatic rings. The number of aromatic nitrogens is 1. The highest BCUT2D eigenvalue weighted by Crippen LogP contribution is 2.18. The molecule has 0 radical (unpaired) electrons. The van der Waals surface area contributed by atoms with Gasteiger partial charge in [-0.15, -0.1) is 24.0 Å². The van der Waals surface area contributed by atoms with Crippen molar-refractivity contribution in [1.82, 2.24) is 20.1 Å². The molecule has 2 fully saturated rings. The number of nitrogens with zero attached hydrogens (tertiary/aromatic N) is 5. The van der Waals surface area contributed by atoms with Gasteiger partial charge >= 0.3 is 0 Å². The van der Waals surface area contributed by atoms with Gasteiger partial charge in [0, 0.05) is 65.6 Å². The monoisotopic (exact) mass is 546 g/mol. The zero-order chi connectivity index (χ0) is 21.3. The smallest absolute Gasteiger partial charge is 0.194 e. The largest absolute Gasteiger partial charge is 0.357 e. The molecule has 1 N–H and O–H groups in total. The van der Waals surface area contributed by atoms with Crippen LogP contribution in [0.25, 0.3) is 6.08 Å². The summed E-state index contributed by atoms with van der Waals surface area (Å²) in [5.41, 5.74) is 2.51. The highest BCUT2D eigenvalue weighted by molar-refractivity contribution is 14.0. The third-order valence-corrected chi connectivity index (χ3v) is 6.05. The molecule has 0 spiro atoms. The Morgan fingerprint density at radius 3 is 2.50 bits per heavy atom. The van der Waals surface area contributed by atoms with Gasteiger partial charge in [0.05, 0.1) is 0 Å². The summed E-state index contributed by atoms with van der Waals surface area (Å²) >= 11 is 0. The second-order valence-electron chi connectivity index (χ2n) is 8.22. The molecule has 32 heavy (non-hydrogen) atoms. The number of nitrogens with one attached hydrogen (secondary N) is 1. The molecule has 172 valence electrons. The van der Waals surface area contributed by atoms with Crippen molar-refractivity contribution in [2.24, 2.45) is 4.99 Å². The standard InChI is InChI=1S/C25H34N6.HI/c1-26-25(28-21-23-11-12-27-24(20-23)30-14-5-6-15-30)31-18-16-29(17-19-31)13-7-10-22-8-3-2-4-9-22;/h2-4,7-12,20H,5-6,13-19,21H2,1H3,(H,26,28);1H/b10-7+;. The van der Waals surface area contributed by atoms with E-state index in [2.05, 4.69) is 84.6 Å². The van der Waals surface area contributed by atoms with Crippen LogP contribution in [-0.2, 0) is 6.54 Å². The lowest BCUT2D eigenvalue weighted by molar-refractivity contribution is 0.194. The van der Waals surface area contributed by atoms with Crippen LogP contribution in [0.3, 0.4) is 0 Å². The Labute approximate surface area is 209 Å². The maximum atomic E-state index is 4.56. The first-order valence-corrected chi connectivity index (χ1v) is 11.4. The van der Waals surface area contributed by atoms with Crippen LogP contribution in [0.15, 0.2) is 59.7 Å². The van der Waals surface area contributed by atoms with Gasteiger partial charge in [-0.2, -0.15) is 0 Å². The molecule has 2 saturated heterocycles. The fourth-order valence-electron chi connectivity index (χ4n) is 4.25. The summed E-state index contributed by atoms with van der Waals surface area (Å²) in [6, 6.07) is 14.8. The van der Waals surface area contributed by atoms with Crippen LogP contribution >= 0.6 is 24.0 Å². The van der Waals surface area contributed by atoms with Gasteiger partial charge in [0.2, 0.25) is 0 Å². The van der Waals surface area contributed by atoms with Gasteiger partial charge < -0.3 is 15.1 Å². The second kappa shape index (κ2) is 12.8. The molecule has 2 aliphatic heterocycles. The van der Waals surface area contributed by atoms with Gasteiger partial charge in [0.25, 0.3) is 0 Å². The number of pyridine rings is 1. The lowest BCUT2D eigenvalue weighted by Gasteiger charge is -2.36. The fraction of sp³-hybridized carbons (Fsp3) is 0.440. The molecule has 0 unspecified atom stereocenters. The van der Waals surface area contributed by atoms with E-state index >= 15 is 0 Å². The zero-order valence-corrected chi connectivity index (χ0v) is 21.3. The Hall–Kier alpha value is -2.13. The van der Waals surface area contributed by atoms with Crippen molar-refractivity contribution in [2.75, 3.05) is 57.8 Å². The highest BCUT2D eigenvalue weighted by atomic mass is 127. The van der Waals surface area contributed by atoms with Crippen LogP contribution in [0.1, 0.15) is 24.0 Å². The maximum Gasteiger partial charge on any atom is 0.194 e. The normalized spacial score (nSPS) is 17.6. The minimum Gasteiger partial charge on any atom is -0.357 e. The Kier molecular flexibility index (Phi) is 9.80. The van der Waals surface area contributed by atoms with Crippen molar-refractivity contribution in [2.45, 2.75) is 19.4 Å². The molecule has 7 heteroatoms. The maximum absolute atomic E-state index is 4.56. The summed E-state index contributed by atoms with van der Waals surface area (Å²) < 4.78 is 0. The molecule has 0 bridgehead atoms. The molecule has 1 aromatic heterocycles. The molecule has 2 aromatic rings. The number of rotatable bonds is 6. The van der Waals surface area contributed by atoms with Crippen molar-refractivity contribution in [3.63, 3.8) is 0 Å². The van der Waals surface area contributed by atoms with E-state index in [1.165, 1.54) is 24.0 Å². The topological polar surface area (TPSA) is 47.0 Å². The third-order valence-electron chi connectivity index (χ3n) is 6.05. The summed E-state index contributed by atoms with van der Waals surface area (Å²) in [7, 11) is 1.87. The fourth-order valence-corrected chi connectivity index (χ4v) is 4.25. The number of hydrogen-bond acceptors (Lipinski definition) is 4. The number of hydrogen-bond donors (Lipinski definition) is 1. The molecule has 6 nitrogen and oxygen atoms in total. The van der Waals surface area contributed by atoms with Crippen molar-refractivity contribution in [3.8, 4) is 0 Å². The highest BCUT2D eigenvalue weighted by Gasteiger charge is 2.19. The van der Waals surface area contributed by atoms with E-state index in [1.807, 2.05) is 13.2 Å². The SMILES string of the molecule is CN=C(NCc1ccnc(N2CCCC2)c1)N1CCN(C/C=C/c2ccccc2)CC1.I. The minimum atomic E-state index is 0. The number of halogens is 1. The first-order chi connectivity index (χ1) is 15.3. The van der Waals surface area contributed by atoms with Crippen LogP contribution in [0.5, 0.6) is 0 Å². The van der Waals surface area contributed by atoms with Crippen molar-refractivity contribution < 1.29 is 0 Å². The van der Waals surface area contributed by atoms with Crippen LogP contribution in [-0.4, -0.2) is 73.6 Å². The summed E-state index contributed by atoms with van der Waals surface area (Å²) in [5, 5.41) is 3.55. The Morgan fingerprint density at radius 2 is 1.78 bits per heavy atom. The molecular formula is C25H35IN6. The number of guanidine groups is 1. The minimum absolute atomic E-state index is 0. The summed E-state index contributed by atoms with van der Waals surface area (Å²) in [4.78, 5) is 16.3. The Bertz CT molecular complexity index is 871. The van der Waals surface area contributed by atoms with Crippen LogP contribution in [0.2, 0.25) is 0 Å². The van der Waals surface area contributed by atoms with Gasteiger partial charge in [-0.1, -0.05) is 42.5 Å². The van der Waals surface area contributed by atoms with E-state index < -0.39 is 0 Å². The molecule has 1 aromatic carbocycles. The summed E-state index contributed by atoms with van der Waals surface area (Å²) in [6.45, 7) is 8.10. The quantitative estimate of drug-likeness (QED) is 0.340. The predicted octanol–water partition coefficient (Wildman–Crippen LogP) is 3.71. The van der Waals surface area contributed by atoms with Crippen molar-refractivity contribution in [3.05, 3.63) is 65.9 Å². The van der Waals surface area contributed by atoms with Gasteiger partial charge in [-0.25, -0.2) is 4.98 Å². The molecule has 0 amide bonds. The van der Waals surface area contributed by atoms with Crippen molar-refractivity contribution >= 4 is 41.8 Å². The van der Waals surface area contributed by atoms with E-state index in [0.717, 1.165) is 64.1 Å². The molecule has 0 atom stereocenters. The molecule has 0 saturated carbocycles. The molecular weight excluding hydrogens is 511 g/mol. The zero-order valence-electron chi connectivity index (χ0n) is 19.0. The van der Waals surface area contributed by atoms with Gasteiger partial charge in [-0.3, -0.25) is 9.89 Å².